The maximum Gasteiger partial charge on any atom is 0.416 e. The number of benzene rings is 2. The van der Waals surface area contributed by atoms with Crippen molar-refractivity contribution in [1.29, 1.82) is 0 Å². The van der Waals surface area contributed by atoms with Gasteiger partial charge in [0.15, 0.2) is 17.3 Å². The Kier molecular flexibility index (Phi) is 6.77. The number of fused-ring (bicyclic) bond motifs is 3. The molecule has 0 radical (unpaired) electrons. The molecule has 0 bridgehead atoms. The van der Waals surface area contributed by atoms with Crippen LogP contribution in [0.25, 0.3) is 11.1 Å². The van der Waals surface area contributed by atoms with Crippen molar-refractivity contribution in [3.63, 3.8) is 0 Å². The molecule has 0 heterocycles. The molecule has 0 fully saturated rings. The van der Waals surface area contributed by atoms with E-state index in [0.29, 0.717) is 58.6 Å². The summed E-state index contributed by atoms with van der Waals surface area (Å²) in [6.07, 6.45) is -2.72. The monoisotopic (exact) mass is 538 g/mol. The molecule has 0 amide bonds. The van der Waals surface area contributed by atoms with Gasteiger partial charge < -0.3 is 9.84 Å². The highest BCUT2D eigenvalue weighted by Gasteiger charge is 2.48. The van der Waals surface area contributed by atoms with Gasteiger partial charge in [-0.2, -0.15) is 13.2 Å². The maximum absolute atomic E-state index is 14.2. The minimum Gasteiger partial charge on any atom is -0.511 e. The zero-order valence-corrected chi connectivity index (χ0v) is 21.9. The molecule has 39 heavy (non-hydrogen) atoms. The smallest absolute Gasteiger partial charge is 0.416 e. The van der Waals surface area contributed by atoms with Crippen LogP contribution in [0.15, 0.2) is 58.9 Å². The van der Waals surface area contributed by atoms with Crippen LogP contribution < -0.4 is 4.74 Å². The van der Waals surface area contributed by atoms with E-state index in [4.69, 9.17) is 4.74 Å². The molecule has 0 spiro atoms. The van der Waals surface area contributed by atoms with Gasteiger partial charge in [-0.25, -0.2) is 0 Å². The molecule has 3 aliphatic carbocycles. The Bertz CT molecular complexity index is 1450. The van der Waals surface area contributed by atoms with Crippen LogP contribution in [-0.2, 0) is 22.2 Å². The van der Waals surface area contributed by atoms with Gasteiger partial charge in [0.25, 0.3) is 0 Å². The summed E-state index contributed by atoms with van der Waals surface area (Å²) in [5.74, 6) is -2.04. The first-order valence-corrected chi connectivity index (χ1v) is 13.1. The Hall–Kier alpha value is -3.68. The highest BCUT2D eigenvalue weighted by atomic mass is 19.4. The molecule has 5 rings (SSSR count). The Morgan fingerprint density at radius 2 is 1.77 bits per heavy atom. The second-order valence-electron chi connectivity index (χ2n) is 10.6. The Morgan fingerprint density at radius 1 is 1.08 bits per heavy atom. The standard InChI is InChI=1S/C31H29F3O5/c1-4-11-39-24-10-9-21(17-5-7-20(8-6-17)31(32,33)34)22-13-18-12-19-14-23(36)27(16(3)35)29(37)26(19)15(2)25(18)30(38)28(22)24/h5-10,18-19,26,37H,4,11-14H2,1-3H3. The molecule has 8 heteroatoms. The molecule has 5 nitrogen and oxygen atoms in total. The fourth-order valence-corrected chi connectivity index (χ4v) is 6.57. The molecule has 0 aromatic heterocycles. The van der Waals surface area contributed by atoms with Crippen LogP contribution in [0.4, 0.5) is 13.2 Å². The summed E-state index contributed by atoms with van der Waals surface area (Å²) in [5.41, 5.74) is 2.58. The van der Waals surface area contributed by atoms with Gasteiger partial charge in [-0.1, -0.05) is 30.7 Å². The molecule has 3 aliphatic rings. The van der Waals surface area contributed by atoms with Crippen molar-refractivity contribution in [3.05, 3.63) is 75.6 Å². The first kappa shape index (κ1) is 26.9. The predicted octanol–water partition coefficient (Wildman–Crippen LogP) is 6.84. The lowest BCUT2D eigenvalue weighted by Gasteiger charge is -2.43. The number of aliphatic hydroxyl groups excluding tert-OH is 1. The maximum atomic E-state index is 14.2. The Morgan fingerprint density at radius 3 is 2.38 bits per heavy atom. The SMILES string of the molecule is CCCOc1ccc(-c2ccc(C(F)(F)F)cc2)c2c1C(=O)C1=C(C)C3C(O)=C(C(C)=O)C(=O)CC3CC1C2. The fourth-order valence-electron chi connectivity index (χ4n) is 6.57. The van der Waals surface area contributed by atoms with Crippen LogP contribution in [0.1, 0.15) is 61.5 Å². The number of aliphatic hydroxyl groups is 1. The topological polar surface area (TPSA) is 80.7 Å². The van der Waals surface area contributed by atoms with E-state index in [2.05, 4.69) is 0 Å². The first-order valence-electron chi connectivity index (χ1n) is 13.1. The molecule has 3 unspecified atom stereocenters. The molecule has 0 saturated carbocycles. The number of rotatable bonds is 5. The number of hydrogen-bond acceptors (Lipinski definition) is 5. The lowest BCUT2D eigenvalue weighted by Crippen LogP contribution is -2.40. The van der Waals surface area contributed by atoms with Crippen LogP contribution >= 0.6 is 0 Å². The molecular formula is C31H29F3O5. The van der Waals surface area contributed by atoms with Gasteiger partial charge in [-0.3, -0.25) is 14.4 Å². The van der Waals surface area contributed by atoms with Gasteiger partial charge in [0.2, 0.25) is 0 Å². The molecule has 3 atom stereocenters. The number of hydrogen-bond donors (Lipinski definition) is 1. The number of ether oxygens (including phenoxy) is 1. The summed E-state index contributed by atoms with van der Waals surface area (Å²) < 4.78 is 45.5. The van der Waals surface area contributed by atoms with Crippen LogP contribution in [0.2, 0.25) is 0 Å². The molecule has 2 aromatic carbocycles. The predicted molar refractivity (Wildman–Crippen MR) is 138 cm³/mol. The Labute approximate surface area is 224 Å². The van der Waals surface area contributed by atoms with Gasteiger partial charge in [0.1, 0.15) is 11.5 Å². The molecule has 1 N–H and O–H groups in total. The average Bonchev–Trinajstić information content (AvgIpc) is 2.86. The number of ketones is 3. The van der Waals surface area contributed by atoms with E-state index in [1.165, 1.54) is 19.1 Å². The van der Waals surface area contributed by atoms with E-state index in [0.717, 1.165) is 18.6 Å². The van der Waals surface area contributed by atoms with Crippen LogP contribution in [0, 0.1) is 17.8 Å². The number of Topliss-reactive ketones (excluding diaryl/α,β-unsaturated/α-hetero) is 3. The summed E-state index contributed by atoms with van der Waals surface area (Å²) in [4.78, 5) is 39.0. The van der Waals surface area contributed by atoms with Gasteiger partial charge in [-0.15, -0.1) is 0 Å². The second kappa shape index (κ2) is 9.81. The molecule has 2 aromatic rings. The summed E-state index contributed by atoms with van der Waals surface area (Å²) in [6.45, 7) is 5.36. The van der Waals surface area contributed by atoms with Crippen molar-refractivity contribution in [2.24, 2.45) is 17.8 Å². The van der Waals surface area contributed by atoms with Crippen molar-refractivity contribution in [2.45, 2.75) is 52.6 Å². The summed E-state index contributed by atoms with van der Waals surface area (Å²) in [7, 11) is 0. The van der Waals surface area contributed by atoms with Crippen LogP contribution in [-0.4, -0.2) is 29.1 Å². The van der Waals surface area contributed by atoms with Crippen molar-refractivity contribution >= 4 is 17.3 Å². The number of allylic oxidation sites excluding steroid dienone is 3. The second-order valence-corrected chi connectivity index (χ2v) is 10.6. The van der Waals surface area contributed by atoms with Gasteiger partial charge in [-0.05, 0) is 79.8 Å². The first-order chi connectivity index (χ1) is 18.4. The molecule has 204 valence electrons. The third-order valence-electron chi connectivity index (χ3n) is 8.17. The van der Waals surface area contributed by atoms with E-state index in [9.17, 15) is 32.7 Å². The van der Waals surface area contributed by atoms with Crippen LogP contribution in [0.5, 0.6) is 5.75 Å². The quantitative estimate of drug-likeness (QED) is 0.422. The van der Waals surface area contributed by atoms with E-state index in [-0.39, 0.29) is 41.2 Å². The fraction of sp³-hybridized carbons (Fsp3) is 0.387. The largest absolute Gasteiger partial charge is 0.511 e. The van der Waals surface area contributed by atoms with Crippen molar-refractivity contribution < 1.29 is 37.4 Å². The number of alkyl halides is 3. The zero-order valence-electron chi connectivity index (χ0n) is 21.9. The number of carbonyl (C=O) groups excluding carboxylic acids is 3. The highest BCUT2D eigenvalue weighted by molar-refractivity contribution is 6.20. The van der Waals surface area contributed by atoms with Gasteiger partial charge in [0, 0.05) is 17.9 Å². The third kappa shape index (κ3) is 4.49. The molecule has 0 aliphatic heterocycles. The summed E-state index contributed by atoms with van der Waals surface area (Å²) in [6, 6.07) is 8.36. The number of carbonyl (C=O) groups is 3. The minimum atomic E-state index is -4.46. The summed E-state index contributed by atoms with van der Waals surface area (Å²) in [5, 5.41) is 11.0. The average molecular weight is 539 g/mol. The van der Waals surface area contributed by atoms with E-state index >= 15 is 0 Å². The van der Waals surface area contributed by atoms with Gasteiger partial charge >= 0.3 is 6.18 Å². The minimum absolute atomic E-state index is 0.108. The normalized spacial score (nSPS) is 22.9. The lowest BCUT2D eigenvalue weighted by molar-refractivity contribution is -0.137. The van der Waals surface area contributed by atoms with E-state index in [1.54, 1.807) is 19.1 Å². The van der Waals surface area contributed by atoms with E-state index < -0.39 is 23.4 Å². The molecular weight excluding hydrogens is 509 g/mol. The third-order valence-corrected chi connectivity index (χ3v) is 8.17. The van der Waals surface area contributed by atoms with Crippen molar-refractivity contribution in [3.8, 4) is 16.9 Å². The molecule has 0 saturated heterocycles. The van der Waals surface area contributed by atoms with E-state index in [1.807, 2.05) is 6.92 Å². The van der Waals surface area contributed by atoms with Crippen molar-refractivity contribution in [2.75, 3.05) is 6.61 Å². The Balaban J connectivity index is 1.66. The lowest BCUT2D eigenvalue weighted by atomic mass is 9.60. The zero-order chi connectivity index (χ0) is 28.2. The van der Waals surface area contributed by atoms with Gasteiger partial charge in [0.05, 0.1) is 23.3 Å². The highest BCUT2D eigenvalue weighted by Crippen LogP contribution is 2.52. The summed E-state index contributed by atoms with van der Waals surface area (Å²) >= 11 is 0. The van der Waals surface area contributed by atoms with Crippen molar-refractivity contribution in [1.82, 2.24) is 0 Å². The van der Waals surface area contributed by atoms with Crippen LogP contribution in [0.3, 0.4) is 0 Å². The number of halogens is 3.